The number of rotatable bonds is 3. The molecule has 5 nitrogen and oxygen atoms in total. The molecule has 0 amide bonds. The second-order valence-electron chi connectivity index (χ2n) is 10.4. The summed E-state index contributed by atoms with van der Waals surface area (Å²) < 4.78 is 30.3. The minimum absolute atomic E-state index is 0.0104. The number of halogens is 2. The van der Waals surface area contributed by atoms with Gasteiger partial charge in [-0.2, -0.15) is 0 Å². The fraction of sp³-hybridized carbons (Fsp3) is 0.345. The van der Waals surface area contributed by atoms with Gasteiger partial charge in [-0.1, -0.05) is 6.92 Å². The van der Waals surface area contributed by atoms with Crippen molar-refractivity contribution in [2.24, 2.45) is 0 Å². The number of hydrogen-bond acceptors (Lipinski definition) is 4. The summed E-state index contributed by atoms with van der Waals surface area (Å²) in [7, 11) is 0. The standard InChI is InChI=1S/C29H27F2NO4/c1-13-3-5-15-9-17(30)11-21-24(15)23(13)28(35)19(26(21)33)7-8-20-27(34)22-12-18(31)10-16-6-4-14(2)32(25(16)22)29(20)36/h9-14,33-35H,3-8H2,1-2H3/t13-,14-/m1/s1. The second-order valence-corrected chi connectivity index (χ2v) is 10.4. The Morgan fingerprint density at radius 2 is 1.44 bits per heavy atom. The molecule has 1 aliphatic carbocycles. The first-order valence-corrected chi connectivity index (χ1v) is 12.4. The number of aryl methyl sites for hydroxylation is 2. The second kappa shape index (κ2) is 7.95. The van der Waals surface area contributed by atoms with Gasteiger partial charge in [0, 0.05) is 27.9 Å². The van der Waals surface area contributed by atoms with Crippen LogP contribution in [0.5, 0.6) is 17.2 Å². The van der Waals surface area contributed by atoms with Crippen LogP contribution in [0.25, 0.3) is 21.7 Å². The first-order chi connectivity index (χ1) is 17.2. The molecule has 2 atom stereocenters. The first-order valence-electron chi connectivity index (χ1n) is 12.4. The number of hydrogen-bond donors (Lipinski definition) is 3. The predicted molar refractivity (Wildman–Crippen MR) is 134 cm³/mol. The molecule has 7 heteroatoms. The van der Waals surface area contributed by atoms with E-state index in [0.717, 1.165) is 12.0 Å². The molecule has 0 bridgehead atoms. The summed E-state index contributed by atoms with van der Waals surface area (Å²) in [6.45, 7) is 3.91. The molecule has 2 aliphatic rings. The average Bonchev–Trinajstić information content (AvgIpc) is 2.83. The van der Waals surface area contributed by atoms with Crippen LogP contribution in [0.1, 0.15) is 66.5 Å². The topological polar surface area (TPSA) is 82.7 Å². The summed E-state index contributed by atoms with van der Waals surface area (Å²) in [5.74, 6) is -1.47. The fourth-order valence-electron chi connectivity index (χ4n) is 6.37. The monoisotopic (exact) mass is 491 g/mol. The van der Waals surface area contributed by atoms with Gasteiger partial charge < -0.3 is 19.9 Å². The molecule has 3 aromatic carbocycles. The van der Waals surface area contributed by atoms with E-state index >= 15 is 0 Å². The zero-order valence-electron chi connectivity index (χ0n) is 20.2. The Morgan fingerprint density at radius 1 is 0.833 bits per heavy atom. The lowest BCUT2D eigenvalue weighted by Gasteiger charge is -2.27. The maximum absolute atomic E-state index is 14.4. The van der Waals surface area contributed by atoms with Gasteiger partial charge in [0.25, 0.3) is 5.56 Å². The molecule has 0 saturated heterocycles. The summed E-state index contributed by atoms with van der Waals surface area (Å²) in [4.78, 5) is 13.5. The molecule has 1 aliphatic heterocycles. The quantitative estimate of drug-likeness (QED) is 0.334. The summed E-state index contributed by atoms with van der Waals surface area (Å²) in [6.07, 6.45) is 2.75. The molecule has 0 fully saturated rings. The highest BCUT2D eigenvalue weighted by Gasteiger charge is 2.29. The fourth-order valence-corrected chi connectivity index (χ4v) is 6.37. The molecule has 36 heavy (non-hydrogen) atoms. The van der Waals surface area contributed by atoms with Crippen molar-refractivity contribution in [1.29, 1.82) is 0 Å². The average molecular weight is 492 g/mol. The molecule has 3 N–H and O–H groups in total. The molecular weight excluding hydrogens is 464 g/mol. The van der Waals surface area contributed by atoms with E-state index in [1.165, 1.54) is 24.3 Å². The Balaban J connectivity index is 1.52. The maximum atomic E-state index is 14.4. The Bertz CT molecular complexity index is 1660. The highest BCUT2D eigenvalue weighted by molar-refractivity contribution is 5.98. The molecule has 0 unspecified atom stereocenters. The third-order valence-corrected chi connectivity index (χ3v) is 8.19. The van der Waals surface area contributed by atoms with Crippen molar-refractivity contribution in [2.45, 2.75) is 64.3 Å². The molecule has 186 valence electrons. The largest absolute Gasteiger partial charge is 0.507 e. The first kappa shape index (κ1) is 22.8. The minimum Gasteiger partial charge on any atom is -0.507 e. The third kappa shape index (κ3) is 3.14. The van der Waals surface area contributed by atoms with Gasteiger partial charge in [0.05, 0.1) is 11.1 Å². The zero-order valence-corrected chi connectivity index (χ0v) is 20.2. The Labute approximate surface area is 206 Å². The van der Waals surface area contributed by atoms with E-state index in [2.05, 4.69) is 0 Å². The zero-order chi connectivity index (χ0) is 25.5. The van der Waals surface area contributed by atoms with Crippen LogP contribution in [-0.4, -0.2) is 19.9 Å². The lowest BCUT2D eigenvalue weighted by atomic mass is 9.79. The van der Waals surface area contributed by atoms with Crippen LogP contribution in [0.2, 0.25) is 0 Å². The summed E-state index contributed by atoms with van der Waals surface area (Å²) >= 11 is 0. The predicted octanol–water partition coefficient (Wildman–Crippen LogP) is 5.89. The van der Waals surface area contributed by atoms with Crippen LogP contribution in [0.15, 0.2) is 29.1 Å². The van der Waals surface area contributed by atoms with Gasteiger partial charge in [0.1, 0.15) is 28.9 Å². The highest BCUT2D eigenvalue weighted by atomic mass is 19.1. The molecule has 0 radical (unpaired) electrons. The number of aromatic hydroxyl groups is 3. The van der Waals surface area contributed by atoms with E-state index in [1.807, 2.05) is 13.8 Å². The van der Waals surface area contributed by atoms with E-state index in [4.69, 9.17) is 0 Å². The molecule has 4 aromatic rings. The van der Waals surface area contributed by atoms with Gasteiger partial charge in [-0.3, -0.25) is 4.79 Å². The number of phenols is 2. The molecule has 6 rings (SSSR count). The van der Waals surface area contributed by atoms with Gasteiger partial charge in [-0.05, 0) is 92.1 Å². The van der Waals surface area contributed by atoms with Crippen LogP contribution >= 0.6 is 0 Å². The van der Waals surface area contributed by atoms with Crippen molar-refractivity contribution in [3.05, 3.63) is 74.1 Å². The summed E-state index contributed by atoms with van der Waals surface area (Å²) in [6, 6.07) is 5.26. The Hall–Kier alpha value is -3.61. The summed E-state index contributed by atoms with van der Waals surface area (Å²) in [5.41, 5.74) is 2.64. The third-order valence-electron chi connectivity index (χ3n) is 8.19. The van der Waals surface area contributed by atoms with E-state index in [-0.39, 0.29) is 64.1 Å². The van der Waals surface area contributed by atoms with E-state index in [9.17, 15) is 28.9 Å². The van der Waals surface area contributed by atoms with Crippen LogP contribution in [0, 0.1) is 11.6 Å². The maximum Gasteiger partial charge on any atom is 0.258 e. The molecular formula is C29H27F2NO4. The molecule has 0 saturated carbocycles. The number of phenolic OH excluding ortho intramolecular Hbond substituents is 2. The van der Waals surface area contributed by atoms with Gasteiger partial charge in [-0.25, -0.2) is 8.78 Å². The number of aromatic nitrogens is 1. The number of nitrogens with zero attached hydrogens (tertiary/aromatic N) is 1. The smallest absolute Gasteiger partial charge is 0.258 e. The van der Waals surface area contributed by atoms with Crippen molar-refractivity contribution in [3.8, 4) is 17.2 Å². The number of pyridine rings is 1. The molecule has 2 heterocycles. The lowest BCUT2D eigenvalue weighted by Crippen LogP contribution is -2.30. The number of benzene rings is 3. The summed E-state index contributed by atoms with van der Waals surface area (Å²) in [5, 5.41) is 34.7. The van der Waals surface area contributed by atoms with Crippen molar-refractivity contribution in [2.75, 3.05) is 0 Å². The van der Waals surface area contributed by atoms with Crippen molar-refractivity contribution in [1.82, 2.24) is 4.57 Å². The van der Waals surface area contributed by atoms with E-state index < -0.39 is 11.6 Å². The van der Waals surface area contributed by atoms with Crippen molar-refractivity contribution in [3.63, 3.8) is 0 Å². The van der Waals surface area contributed by atoms with Crippen LogP contribution in [-0.2, 0) is 25.7 Å². The van der Waals surface area contributed by atoms with Crippen LogP contribution in [0.4, 0.5) is 8.78 Å². The van der Waals surface area contributed by atoms with Crippen LogP contribution < -0.4 is 5.56 Å². The minimum atomic E-state index is -0.478. The van der Waals surface area contributed by atoms with Gasteiger partial charge in [-0.15, -0.1) is 0 Å². The van der Waals surface area contributed by atoms with E-state index in [1.54, 1.807) is 4.57 Å². The van der Waals surface area contributed by atoms with Crippen molar-refractivity contribution < 1.29 is 24.1 Å². The Kier molecular flexibility index (Phi) is 5.04. The van der Waals surface area contributed by atoms with Gasteiger partial charge >= 0.3 is 0 Å². The lowest BCUT2D eigenvalue weighted by molar-refractivity contribution is 0.430. The normalized spacial score (nSPS) is 18.8. The van der Waals surface area contributed by atoms with E-state index in [0.29, 0.717) is 46.7 Å². The SMILES string of the molecule is C[C@@H]1CCc2cc(F)cc3c(O)c(CCc4c(O)c5cc(F)cc6c5n(c4=O)[C@H](C)CC6)c(O)c1c23. The van der Waals surface area contributed by atoms with Crippen LogP contribution in [0.3, 0.4) is 0 Å². The van der Waals surface area contributed by atoms with Gasteiger partial charge in [0.2, 0.25) is 0 Å². The highest BCUT2D eigenvalue weighted by Crippen LogP contribution is 2.48. The van der Waals surface area contributed by atoms with Crippen molar-refractivity contribution >= 4 is 21.7 Å². The Morgan fingerprint density at radius 3 is 2.19 bits per heavy atom. The molecule has 1 aromatic heterocycles. The van der Waals surface area contributed by atoms with Gasteiger partial charge in [0.15, 0.2) is 0 Å². The molecule has 0 spiro atoms.